The molecule has 1 aliphatic rings. The van der Waals surface area contributed by atoms with E-state index in [9.17, 15) is 9.18 Å². The van der Waals surface area contributed by atoms with Crippen molar-refractivity contribution in [2.45, 2.75) is 19.5 Å². The summed E-state index contributed by atoms with van der Waals surface area (Å²) in [5.74, 6) is 0.678. The van der Waals surface area contributed by atoms with Gasteiger partial charge in [0.2, 0.25) is 5.91 Å². The van der Waals surface area contributed by atoms with E-state index in [1.165, 1.54) is 6.07 Å². The van der Waals surface area contributed by atoms with Crippen LogP contribution in [-0.4, -0.2) is 42.5 Å². The molecule has 0 aromatic heterocycles. The van der Waals surface area contributed by atoms with Gasteiger partial charge in [-0.25, -0.2) is 4.39 Å². The number of nitrogens with zero attached hydrogens (tertiary/aromatic N) is 2. The summed E-state index contributed by atoms with van der Waals surface area (Å²) in [6, 6.07) is 14.6. The summed E-state index contributed by atoms with van der Waals surface area (Å²) >= 11 is 0. The average Bonchev–Trinajstić information content (AvgIpc) is 2.80. The first kappa shape index (κ1) is 17.4. The van der Waals surface area contributed by atoms with Gasteiger partial charge in [-0.3, -0.25) is 9.69 Å². The fourth-order valence-electron chi connectivity index (χ4n) is 3.14. The molecule has 1 aliphatic heterocycles. The average molecular weight is 342 g/mol. The van der Waals surface area contributed by atoms with E-state index in [-0.39, 0.29) is 11.7 Å². The van der Waals surface area contributed by atoms with Crippen LogP contribution in [0.25, 0.3) is 0 Å². The zero-order valence-corrected chi connectivity index (χ0v) is 14.5. The smallest absolute Gasteiger partial charge is 0.224 e. The number of rotatable bonds is 5. The van der Waals surface area contributed by atoms with Crippen molar-refractivity contribution in [2.24, 2.45) is 0 Å². The predicted octanol–water partition coefficient (Wildman–Crippen LogP) is 3.07. The van der Waals surface area contributed by atoms with Crippen molar-refractivity contribution in [2.75, 3.05) is 26.7 Å². The summed E-state index contributed by atoms with van der Waals surface area (Å²) in [4.78, 5) is 16.4. The second kappa shape index (κ2) is 8.12. The molecule has 132 valence electrons. The van der Waals surface area contributed by atoms with Gasteiger partial charge in [0, 0.05) is 50.3 Å². The third-order valence-corrected chi connectivity index (χ3v) is 4.59. The predicted molar refractivity (Wildman–Crippen MR) is 94.7 cm³/mol. The lowest BCUT2D eigenvalue weighted by molar-refractivity contribution is -0.131. The number of hydrogen-bond acceptors (Lipinski definition) is 3. The van der Waals surface area contributed by atoms with Crippen LogP contribution in [0.1, 0.15) is 17.5 Å². The van der Waals surface area contributed by atoms with Gasteiger partial charge in [-0.1, -0.05) is 36.4 Å². The minimum atomic E-state index is -0.259. The first-order valence-electron chi connectivity index (χ1n) is 8.53. The molecule has 2 aromatic rings. The van der Waals surface area contributed by atoms with Crippen LogP contribution in [-0.2, 0) is 17.9 Å². The van der Waals surface area contributed by atoms with E-state index in [1.807, 2.05) is 24.3 Å². The number of carbonyl (C=O) groups excluding carboxylic acids is 1. The quantitative estimate of drug-likeness (QED) is 0.837. The van der Waals surface area contributed by atoms with E-state index in [4.69, 9.17) is 4.74 Å². The van der Waals surface area contributed by atoms with E-state index in [0.717, 1.165) is 24.4 Å². The Morgan fingerprint density at radius 3 is 2.44 bits per heavy atom. The van der Waals surface area contributed by atoms with E-state index < -0.39 is 0 Å². The highest BCUT2D eigenvalue weighted by molar-refractivity contribution is 5.76. The number of halogens is 1. The van der Waals surface area contributed by atoms with Crippen molar-refractivity contribution in [3.8, 4) is 5.75 Å². The Balaban J connectivity index is 1.65. The molecule has 3 rings (SSSR count). The first-order valence-corrected chi connectivity index (χ1v) is 8.53. The zero-order chi connectivity index (χ0) is 17.6. The normalized spacial score (nSPS) is 15.9. The van der Waals surface area contributed by atoms with Crippen LogP contribution in [0.4, 0.5) is 4.39 Å². The van der Waals surface area contributed by atoms with Gasteiger partial charge in [0.1, 0.15) is 11.6 Å². The number of hydrogen-bond donors (Lipinski definition) is 0. The number of benzene rings is 2. The molecule has 4 nitrogen and oxygen atoms in total. The molecule has 0 spiro atoms. The minimum absolute atomic E-state index is 0.0748. The largest absolute Gasteiger partial charge is 0.496 e. The first-order chi connectivity index (χ1) is 12.2. The molecule has 0 atom stereocenters. The molecule has 0 N–H and O–H groups in total. The highest BCUT2D eigenvalue weighted by atomic mass is 19.1. The van der Waals surface area contributed by atoms with Crippen molar-refractivity contribution in [1.82, 2.24) is 9.80 Å². The topological polar surface area (TPSA) is 32.8 Å². The second-order valence-electron chi connectivity index (χ2n) is 6.24. The molecule has 1 amide bonds. The molecule has 25 heavy (non-hydrogen) atoms. The maximum absolute atomic E-state index is 13.9. The Kier molecular flexibility index (Phi) is 5.66. The van der Waals surface area contributed by atoms with Gasteiger partial charge in [-0.15, -0.1) is 0 Å². The van der Waals surface area contributed by atoms with Crippen molar-refractivity contribution in [3.05, 3.63) is 65.5 Å². The van der Waals surface area contributed by atoms with Crippen LogP contribution >= 0.6 is 0 Å². The van der Waals surface area contributed by atoms with Gasteiger partial charge in [0.15, 0.2) is 0 Å². The molecular formula is C20H23FN2O2. The lowest BCUT2D eigenvalue weighted by atomic mass is 10.2. The Hall–Kier alpha value is -2.40. The maximum Gasteiger partial charge on any atom is 0.224 e. The van der Waals surface area contributed by atoms with Crippen LogP contribution in [0.2, 0.25) is 0 Å². The lowest BCUT2D eigenvalue weighted by Crippen LogP contribution is -2.33. The van der Waals surface area contributed by atoms with Gasteiger partial charge in [0.25, 0.3) is 0 Å². The van der Waals surface area contributed by atoms with Crippen LogP contribution < -0.4 is 4.74 Å². The Labute approximate surface area is 147 Å². The number of carbonyl (C=O) groups is 1. The van der Waals surface area contributed by atoms with Crippen molar-refractivity contribution in [1.29, 1.82) is 0 Å². The molecule has 1 heterocycles. The third kappa shape index (κ3) is 4.37. The van der Waals surface area contributed by atoms with Crippen LogP contribution in [0.3, 0.4) is 0 Å². The van der Waals surface area contributed by atoms with Gasteiger partial charge >= 0.3 is 0 Å². The Bertz CT molecular complexity index is 735. The second-order valence-corrected chi connectivity index (χ2v) is 6.24. The number of amides is 1. The van der Waals surface area contributed by atoms with Gasteiger partial charge in [0.05, 0.1) is 7.11 Å². The number of ether oxygens (including phenoxy) is 1. The van der Waals surface area contributed by atoms with E-state index in [0.29, 0.717) is 31.6 Å². The fourth-order valence-corrected chi connectivity index (χ4v) is 3.14. The number of para-hydroxylation sites is 1. The third-order valence-electron chi connectivity index (χ3n) is 4.59. The summed E-state index contributed by atoms with van der Waals surface area (Å²) in [6.45, 7) is 3.13. The molecule has 0 bridgehead atoms. The van der Waals surface area contributed by atoms with E-state index in [2.05, 4.69) is 4.90 Å². The summed E-state index contributed by atoms with van der Waals surface area (Å²) in [5.41, 5.74) is 1.68. The summed E-state index contributed by atoms with van der Waals surface area (Å²) < 4.78 is 19.3. The highest BCUT2D eigenvalue weighted by Gasteiger charge is 2.22. The molecule has 0 aliphatic carbocycles. The van der Waals surface area contributed by atoms with Gasteiger partial charge in [-0.05, 0) is 12.1 Å². The molecule has 5 heteroatoms. The monoisotopic (exact) mass is 342 g/mol. The van der Waals surface area contributed by atoms with Crippen molar-refractivity contribution >= 4 is 5.91 Å². The molecule has 0 saturated carbocycles. The molecular weight excluding hydrogens is 319 g/mol. The van der Waals surface area contributed by atoms with Crippen LogP contribution in [0.5, 0.6) is 5.75 Å². The molecule has 1 saturated heterocycles. The van der Waals surface area contributed by atoms with Gasteiger partial charge in [-0.2, -0.15) is 0 Å². The Morgan fingerprint density at radius 1 is 0.960 bits per heavy atom. The summed E-state index contributed by atoms with van der Waals surface area (Å²) in [7, 11) is 1.67. The highest BCUT2D eigenvalue weighted by Crippen LogP contribution is 2.20. The number of methoxy groups -OCH3 is 1. The van der Waals surface area contributed by atoms with E-state index >= 15 is 0 Å². The summed E-state index contributed by atoms with van der Waals surface area (Å²) in [6.07, 6.45) is 0.448. The zero-order valence-electron chi connectivity index (χ0n) is 14.5. The van der Waals surface area contributed by atoms with Crippen molar-refractivity contribution in [3.63, 3.8) is 0 Å². The van der Waals surface area contributed by atoms with Crippen LogP contribution in [0.15, 0.2) is 48.5 Å². The molecule has 2 aromatic carbocycles. The standard InChI is InChI=1S/C20H23FN2O2/c1-25-19-9-5-3-7-17(19)14-22-11-10-20(24)23(13-12-22)15-16-6-2-4-8-18(16)21/h2-9H,10-15H2,1H3. The molecule has 1 fully saturated rings. The van der Waals surface area contributed by atoms with Crippen molar-refractivity contribution < 1.29 is 13.9 Å². The molecule has 0 unspecified atom stereocenters. The molecule has 0 radical (unpaired) electrons. The summed E-state index contributed by atoms with van der Waals surface area (Å²) in [5, 5.41) is 0. The van der Waals surface area contributed by atoms with Crippen LogP contribution in [0, 0.1) is 5.82 Å². The Morgan fingerprint density at radius 2 is 1.68 bits per heavy atom. The fraction of sp³-hybridized carbons (Fsp3) is 0.350. The van der Waals surface area contributed by atoms with E-state index in [1.54, 1.807) is 30.2 Å². The maximum atomic E-state index is 13.9. The van der Waals surface area contributed by atoms with Gasteiger partial charge < -0.3 is 9.64 Å². The SMILES string of the molecule is COc1ccccc1CN1CCC(=O)N(Cc2ccccc2F)CC1. The lowest BCUT2D eigenvalue weighted by Gasteiger charge is -2.23. The minimum Gasteiger partial charge on any atom is -0.496 e.